The van der Waals surface area contributed by atoms with Crippen LogP contribution in [-0.4, -0.2) is 74.4 Å². The quantitative estimate of drug-likeness (QED) is 0.248. The number of piperidine rings is 1. The molecule has 51 heavy (non-hydrogen) atoms. The van der Waals surface area contributed by atoms with Crippen LogP contribution in [0.25, 0.3) is 0 Å². The van der Waals surface area contributed by atoms with Crippen LogP contribution < -0.4 is 24.6 Å². The summed E-state index contributed by atoms with van der Waals surface area (Å²) in [6.45, 7) is 8.51. The van der Waals surface area contributed by atoms with E-state index in [0.717, 1.165) is 72.5 Å². The van der Waals surface area contributed by atoms with Gasteiger partial charge in [0.2, 0.25) is 0 Å². The molecular formula is C43H46N4O4. The number of fused-ring (bicyclic) bond motifs is 5. The van der Waals surface area contributed by atoms with Crippen LogP contribution in [0.5, 0.6) is 17.2 Å². The molecule has 10 rings (SSSR count). The summed E-state index contributed by atoms with van der Waals surface area (Å²) in [5, 5.41) is 13.1. The highest BCUT2D eigenvalue weighted by atomic mass is 16.5. The SMILES string of the molecule is O=C1NCc2cc3c(cc21)OCC1CN(CC2CC4(CCN(c5ccc(C6c7ccc(O)cc7OCC6c6ccccc6)cc5)CC4)C2)CCN31. The summed E-state index contributed by atoms with van der Waals surface area (Å²) in [6.07, 6.45) is 5.27. The Hall–Kier alpha value is -4.69. The van der Waals surface area contributed by atoms with Gasteiger partial charge in [0.05, 0.1) is 18.3 Å². The van der Waals surface area contributed by atoms with Crippen molar-refractivity contribution in [2.45, 2.75) is 50.1 Å². The highest BCUT2D eigenvalue weighted by Crippen LogP contribution is 2.53. The fourth-order valence-corrected chi connectivity index (χ4v) is 10.3. The summed E-state index contributed by atoms with van der Waals surface area (Å²) in [7, 11) is 0. The normalized spacial score (nSPS) is 25.1. The zero-order valence-corrected chi connectivity index (χ0v) is 29.1. The molecule has 0 radical (unpaired) electrons. The van der Waals surface area contributed by atoms with Crippen LogP contribution in [0.4, 0.5) is 11.4 Å². The minimum atomic E-state index is 0.0138. The number of phenolic OH excluding ortho intramolecular Hbond substituents is 1. The number of amides is 1. The van der Waals surface area contributed by atoms with Crippen LogP contribution in [-0.2, 0) is 6.54 Å². The average Bonchev–Trinajstić information content (AvgIpc) is 3.52. The standard InChI is InChI=1S/C43H46N4O4/c48-34-10-11-35-39(19-34)51-27-37(29-4-2-1-3-5-29)41(35)30-6-8-32(9-7-30)46-14-12-43(13-15-46)21-28(22-43)24-45-16-17-47-33(25-45)26-50-40-20-36-31(18-38(40)47)23-44-42(36)49/h1-11,18-20,28,33,37,41,48H,12-17,21-27H2,(H,44,49). The predicted molar refractivity (Wildman–Crippen MR) is 198 cm³/mol. The summed E-state index contributed by atoms with van der Waals surface area (Å²) in [5.74, 6) is 3.07. The lowest BCUT2D eigenvalue weighted by Gasteiger charge is -2.54. The fourth-order valence-electron chi connectivity index (χ4n) is 10.3. The molecular weight excluding hydrogens is 636 g/mol. The topological polar surface area (TPSA) is 77.5 Å². The van der Waals surface area contributed by atoms with Gasteiger partial charge in [-0.25, -0.2) is 0 Å². The number of rotatable bonds is 5. The highest BCUT2D eigenvalue weighted by molar-refractivity contribution is 5.99. The molecule has 3 fully saturated rings. The minimum Gasteiger partial charge on any atom is -0.508 e. The number of carbonyl (C=O) groups is 1. The van der Waals surface area contributed by atoms with Crippen molar-refractivity contribution in [1.82, 2.24) is 10.2 Å². The molecule has 5 heterocycles. The largest absolute Gasteiger partial charge is 0.508 e. The van der Waals surface area contributed by atoms with Gasteiger partial charge >= 0.3 is 0 Å². The minimum absolute atomic E-state index is 0.0138. The van der Waals surface area contributed by atoms with E-state index in [-0.39, 0.29) is 23.5 Å². The monoisotopic (exact) mass is 682 g/mol. The second-order valence-electron chi connectivity index (χ2n) is 16.0. The van der Waals surface area contributed by atoms with E-state index in [1.165, 1.54) is 49.0 Å². The molecule has 2 saturated heterocycles. The van der Waals surface area contributed by atoms with Crippen molar-refractivity contribution in [2.24, 2.45) is 11.3 Å². The summed E-state index contributed by atoms with van der Waals surface area (Å²) in [5.41, 5.74) is 8.57. The van der Waals surface area contributed by atoms with Crippen molar-refractivity contribution in [1.29, 1.82) is 0 Å². The molecule has 6 aliphatic rings. The van der Waals surface area contributed by atoms with E-state index < -0.39 is 0 Å². The lowest BCUT2D eigenvalue weighted by Crippen LogP contribution is -2.59. The zero-order valence-electron chi connectivity index (χ0n) is 29.1. The molecule has 2 N–H and O–H groups in total. The Morgan fingerprint density at radius 2 is 1.63 bits per heavy atom. The molecule has 0 aromatic heterocycles. The molecule has 1 saturated carbocycles. The Labute approximate surface area is 300 Å². The second kappa shape index (κ2) is 12.2. The summed E-state index contributed by atoms with van der Waals surface area (Å²) in [4.78, 5) is 20.0. The van der Waals surface area contributed by atoms with Crippen LogP contribution in [0.15, 0.2) is 84.9 Å². The Bertz CT molecular complexity index is 1950. The van der Waals surface area contributed by atoms with Gasteiger partial charge in [-0.1, -0.05) is 48.5 Å². The maximum Gasteiger partial charge on any atom is 0.252 e. The van der Waals surface area contributed by atoms with Crippen LogP contribution in [0.1, 0.15) is 70.1 Å². The molecule has 5 aliphatic heterocycles. The third-order valence-electron chi connectivity index (χ3n) is 13.0. The zero-order chi connectivity index (χ0) is 34.1. The van der Waals surface area contributed by atoms with Crippen LogP contribution in [0.2, 0.25) is 0 Å². The maximum atomic E-state index is 12.2. The number of anilines is 2. The molecule has 1 aliphatic carbocycles. The van der Waals surface area contributed by atoms with Gasteiger partial charge in [-0.05, 0) is 84.0 Å². The summed E-state index contributed by atoms with van der Waals surface area (Å²) in [6, 6.07) is 30.1. The predicted octanol–water partition coefficient (Wildman–Crippen LogP) is 6.52. The number of nitrogens with one attached hydrogen (secondary N) is 1. The van der Waals surface area contributed by atoms with Crippen molar-refractivity contribution in [2.75, 3.05) is 62.3 Å². The maximum absolute atomic E-state index is 12.2. The number of hydrogen-bond acceptors (Lipinski definition) is 7. The van der Waals surface area contributed by atoms with Crippen LogP contribution in [0.3, 0.4) is 0 Å². The van der Waals surface area contributed by atoms with Crippen molar-refractivity contribution in [3.05, 3.63) is 113 Å². The molecule has 3 atom stereocenters. The molecule has 262 valence electrons. The van der Waals surface area contributed by atoms with Gasteiger partial charge in [-0.3, -0.25) is 9.69 Å². The molecule has 1 spiro atoms. The van der Waals surface area contributed by atoms with Gasteiger partial charge in [-0.2, -0.15) is 0 Å². The van der Waals surface area contributed by atoms with Crippen LogP contribution in [0, 0.1) is 11.3 Å². The van der Waals surface area contributed by atoms with Crippen molar-refractivity contribution < 1.29 is 19.4 Å². The number of phenols is 1. The molecule has 4 aromatic rings. The molecule has 8 nitrogen and oxygen atoms in total. The van der Waals surface area contributed by atoms with E-state index in [4.69, 9.17) is 9.47 Å². The number of ether oxygens (including phenoxy) is 2. The Morgan fingerprint density at radius 3 is 2.45 bits per heavy atom. The smallest absolute Gasteiger partial charge is 0.252 e. The molecule has 0 bridgehead atoms. The fraction of sp³-hybridized carbons (Fsp3) is 0.419. The van der Waals surface area contributed by atoms with E-state index >= 15 is 0 Å². The first-order valence-electron chi connectivity index (χ1n) is 18.9. The number of aromatic hydroxyl groups is 1. The van der Waals surface area contributed by atoms with Crippen molar-refractivity contribution in [3.8, 4) is 17.2 Å². The Balaban J connectivity index is 0.751. The third-order valence-corrected chi connectivity index (χ3v) is 13.0. The van der Waals surface area contributed by atoms with Gasteiger partial charge in [0.1, 0.15) is 23.9 Å². The average molecular weight is 683 g/mol. The first kappa shape index (κ1) is 31.1. The molecule has 4 aromatic carbocycles. The second-order valence-corrected chi connectivity index (χ2v) is 16.0. The number of nitrogens with zero attached hydrogens (tertiary/aromatic N) is 3. The van der Waals surface area contributed by atoms with Crippen molar-refractivity contribution in [3.63, 3.8) is 0 Å². The number of carbonyl (C=O) groups excluding carboxylic acids is 1. The van der Waals surface area contributed by atoms with E-state index in [1.54, 1.807) is 12.1 Å². The van der Waals surface area contributed by atoms with E-state index in [2.05, 4.69) is 80.7 Å². The molecule has 8 heteroatoms. The Morgan fingerprint density at radius 1 is 0.824 bits per heavy atom. The molecule has 1 amide bonds. The summed E-state index contributed by atoms with van der Waals surface area (Å²) >= 11 is 0. The Kier molecular flexibility index (Phi) is 7.45. The van der Waals surface area contributed by atoms with E-state index in [9.17, 15) is 9.90 Å². The third kappa shape index (κ3) is 5.50. The first-order valence-corrected chi connectivity index (χ1v) is 18.9. The van der Waals surface area contributed by atoms with Crippen LogP contribution >= 0.6 is 0 Å². The van der Waals surface area contributed by atoms with Gasteiger partial charge in [0.15, 0.2) is 0 Å². The number of piperazine rings is 1. The van der Waals surface area contributed by atoms with Gasteiger partial charge in [0.25, 0.3) is 5.91 Å². The first-order chi connectivity index (χ1) is 25.0. The number of benzene rings is 4. The number of hydrogen-bond donors (Lipinski definition) is 2. The van der Waals surface area contributed by atoms with Gasteiger partial charge in [-0.15, -0.1) is 0 Å². The summed E-state index contributed by atoms with van der Waals surface area (Å²) < 4.78 is 12.4. The molecule has 3 unspecified atom stereocenters. The lowest BCUT2D eigenvalue weighted by atomic mass is 9.57. The van der Waals surface area contributed by atoms with Gasteiger partial charge in [0, 0.05) is 80.5 Å². The van der Waals surface area contributed by atoms with Gasteiger partial charge < -0.3 is 29.7 Å². The highest BCUT2D eigenvalue weighted by Gasteiger charge is 2.47. The lowest BCUT2D eigenvalue weighted by molar-refractivity contribution is 0.00302. The van der Waals surface area contributed by atoms with E-state index in [1.807, 2.05) is 12.1 Å². The van der Waals surface area contributed by atoms with E-state index in [0.29, 0.717) is 31.2 Å². The van der Waals surface area contributed by atoms with Crippen molar-refractivity contribution >= 4 is 17.3 Å².